The van der Waals surface area contributed by atoms with Crippen LogP contribution in [0.5, 0.6) is 11.5 Å². The molecule has 4 rings (SSSR count). The van der Waals surface area contributed by atoms with E-state index in [9.17, 15) is 4.39 Å². The maximum Gasteiger partial charge on any atom is 0.210 e. The van der Waals surface area contributed by atoms with Crippen molar-refractivity contribution in [3.63, 3.8) is 0 Å². The lowest BCUT2D eigenvalue weighted by atomic mass is 10.2. The first-order valence-electron chi connectivity index (χ1n) is 8.24. The fraction of sp³-hybridized carbons (Fsp3) is 0.222. The topological polar surface area (TPSA) is 56.3 Å². The number of hydrogen-bond donors (Lipinski definition) is 1. The van der Waals surface area contributed by atoms with Crippen molar-refractivity contribution in [1.29, 1.82) is 0 Å². The van der Waals surface area contributed by atoms with Crippen molar-refractivity contribution < 1.29 is 13.9 Å². The van der Waals surface area contributed by atoms with Crippen LogP contribution in [-0.4, -0.2) is 23.4 Å². The lowest BCUT2D eigenvalue weighted by molar-refractivity contribution is 0.297. The van der Waals surface area contributed by atoms with Crippen molar-refractivity contribution in [2.24, 2.45) is 0 Å². The van der Waals surface area contributed by atoms with Gasteiger partial charge in [0.25, 0.3) is 0 Å². The van der Waals surface area contributed by atoms with Gasteiger partial charge in [-0.05, 0) is 42.0 Å². The van der Waals surface area contributed by atoms with Gasteiger partial charge in [-0.3, -0.25) is 0 Å². The lowest BCUT2D eigenvalue weighted by Gasteiger charge is -2.11. The summed E-state index contributed by atoms with van der Waals surface area (Å²) in [5.74, 6) is 1.71. The van der Waals surface area contributed by atoms with Gasteiger partial charge in [0.05, 0.1) is 18.2 Å². The minimum atomic E-state index is -0.275. The Hall–Kier alpha value is -2.03. The second-order valence-electron chi connectivity index (χ2n) is 5.75. The number of nitrogens with one attached hydrogen (secondary N) is 1. The molecule has 1 aliphatic rings. The molecule has 27 heavy (non-hydrogen) atoms. The molecule has 5 nitrogen and oxygen atoms in total. The molecule has 140 valence electrons. The fourth-order valence-electron chi connectivity index (χ4n) is 2.49. The predicted molar refractivity (Wildman–Crippen MR) is 106 cm³/mol. The van der Waals surface area contributed by atoms with Gasteiger partial charge in [-0.1, -0.05) is 34.7 Å². The van der Waals surface area contributed by atoms with Gasteiger partial charge in [0, 0.05) is 17.9 Å². The summed E-state index contributed by atoms with van der Waals surface area (Å²) in [5, 5.41) is 12.6. The number of fused-ring (bicyclic) bond motifs is 1. The van der Waals surface area contributed by atoms with E-state index in [1.165, 1.54) is 23.5 Å². The first kappa shape index (κ1) is 18.3. The predicted octanol–water partition coefficient (Wildman–Crippen LogP) is 5.53. The third kappa shape index (κ3) is 4.63. The lowest BCUT2D eigenvalue weighted by Crippen LogP contribution is -1.97. The van der Waals surface area contributed by atoms with Crippen LogP contribution >= 0.6 is 34.7 Å². The number of ether oxygens (including phenoxy) is 2. The highest BCUT2D eigenvalue weighted by Crippen LogP contribution is 2.39. The standard InChI is InChI=1S/C18H15ClFN3O2S2/c19-14-8-11(9-15-16(14)25-7-1-6-24-15)10-26-18-23-22-17(27-18)21-13-4-2-12(20)3-5-13/h2-5,8-9H,1,6-7,10H2,(H,21,22). The first-order chi connectivity index (χ1) is 13.2. The summed E-state index contributed by atoms with van der Waals surface area (Å²) in [7, 11) is 0. The van der Waals surface area contributed by atoms with E-state index in [1.807, 2.05) is 12.1 Å². The van der Waals surface area contributed by atoms with Gasteiger partial charge in [-0.25, -0.2) is 4.39 Å². The number of nitrogens with zero attached hydrogens (tertiary/aromatic N) is 2. The van der Waals surface area contributed by atoms with Gasteiger partial charge >= 0.3 is 0 Å². The molecule has 3 aromatic rings. The minimum Gasteiger partial charge on any atom is -0.489 e. The zero-order chi connectivity index (χ0) is 18.6. The van der Waals surface area contributed by atoms with Crippen molar-refractivity contribution in [2.45, 2.75) is 16.5 Å². The molecular weight excluding hydrogens is 409 g/mol. The second-order valence-corrected chi connectivity index (χ2v) is 8.36. The van der Waals surface area contributed by atoms with Crippen LogP contribution in [0, 0.1) is 5.82 Å². The van der Waals surface area contributed by atoms with E-state index in [0.717, 1.165) is 22.0 Å². The fourth-order valence-corrected chi connectivity index (χ4v) is 4.48. The molecule has 0 atom stereocenters. The van der Waals surface area contributed by atoms with Crippen LogP contribution in [0.1, 0.15) is 12.0 Å². The van der Waals surface area contributed by atoms with Crippen molar-refractivity contribution in [1.82, 2.24) is 10.2 Å². The summed E-state index contributed by atoms with van der Waals surface area (Å²) in [4.78, 5) is 0. The highest BCUT2D eigenvalue weighted by atomic mass is 35.5. The van der Waals surface area contributed by atoms with Crippen LogP contribution in [0.3, 0.4) is 0 Å². The van der Waals surface area contributed by atoms with Crippen molar-refractivity contribution in [2.75, 3.05) is 18.5 Å². The first-order valence-corrected chi connectivity index (χ1v) is 10.4. The summed E-state index contributed by atoms with van der Waals surface area (Å²) in [6.07, 6.45) is 0.837. The Morgan fingerprint density at radius 3 is 2.81 bits per heavy atom. The molecular formula is C18H15ClFN3O2S2. The molecule has 2 heterocycles. The highest BCUT2D eigenvalue weighted by Gasteiger charge is 2.16. The van der Waals surface area contributed by atoms with Crippen LogP contribution in [-0.2, 0) is 5.75 Å². The Morgan fingerprint density at radius 2 is 1.96 bits per heavy atom. The van der Waals surface area contributed by atoms with Crippen LogP contribution in [0.4, 0.5) is 15.2 Å². The van der Waals surface area contributed by atoms with Gasteiger partial charge < -0.3 is 14.8 Å². The third-order valence-corrected chi connectivity index (χ3v) is 6.05. The summed E-state index contributed by atoms with van der Waals surface area (Å²) in [6, 6.07) is 9.95. The van der Waals surface area contributed by atoms with Crippen molar-refractivity contribution in [3.05, 3.63) is 52.8 Å². The van der Waals surface area contributed by atoms with E-state index in [1.54, 1.807) is 23.9 Å². The van der Waals surface area contributed by atoms with Crippen LogP contribution in [0.25, 0.3) is 0 Å². The van der Waals surface area contributed by atoms with Crippen LogP contribution in [0.15, 0.2) is 40.7 Å². The molecule has 0 saturated heterocycles. The summed E-state index contributed by atoms with van der Waals surface area (Å²) in [6.45, 7) is 1.23. The van der Waals surface area contributed by atoms with Gasteiger partial charge in [0.2, 0.25) is 5.13 Å². The molecule has 1 N–H and O–H groups in total. The van der Waals surface area contributed by atoms with E-state index >= 15 is 0 Å². The Kier molecular flexibility index (Phi) is 5.66. The molecule has 1 aromatic heterocycles. The third-order valence-electron chi connectivity index (χ3n) is 3.73. The van der Waals surface area contributed by atoms with Gasteiger partial charge in [-0.2, -0.15) is 0 Å². The summed E-state index contributed by atoms with van der Waals surface area (Å²) >= 11 is 9.33. The molecule has 1 aliphatic heterocycles. The summed E-state index contributed by atoms with van der Waals surface area (Å²) < 4.78 is 25.2. The molecule has 0 amide bonds. The number of thioether (sulfide) groups is 1. The Bertz CT molecular complexity index is 937. The van der Waals surface area contributed by atoms with E-state index in [0.29, 0.717) is 40.6 Å². The molecule has 0 bridgehead atoms. The van der Waals surface area contributed by atoms with E-state index in [-0.39, 0.29) is 5.82 Å². The number of halogens is 2. The molecule has 0 fully saturated rings. The largest absolute Gasteiger partial charge is 0.489 e. The zero-order valence-corrected chi connectivity index (χ0v) is 16.5. The monoisotopic (exact) mass is 423 g/mol. The average molecular weight is 424 g/mol. The second kappa shape index (κ2) is 8.33. The number of aromatic nitrogens is 2. The zero-order valence-electron chi connectivity index (χ0n) is 14.1. The van der Waals surface area contributed by atoms with E-state index in [4.69, 9.17) is 21.1 Å². The normalized spacial score (nSPS) is 13.3. The number of hydrogen-bond acceptors (Lipinski definition) is 7. The van der Waals surface area contributed by atoms with Crippen LogP contribution in [0.2, 0.25) is 5.02 Å². The smallest absolute Gasteiger partial charge is 0.210 e. The molecule has 9 heteroatoms. The number of benzene rings is 2. The average Bonchev–Trinajstić information content (AvgIpc) is 2.96. The van der Waals surface area contributed by atoms with Gasteiger partial charge in [0.1, 0.15) is 5.82 Å². The van der Waals surface area contributed by atoms with Gasteiger partial charge in [-0.15, -0.1) is 10.2 Å². The Morgan fingerprint density at radius 1 is 1.15 bits per heavy atom. The van der Waals surface area contributed by atoms with E-state index in [2.05, 4.69) is 15.5 Å². The maximum absolute atomic E-state index is 13.0. The SMILES string of the molecule is Fc1ccc(Nc2nnc(SCc3cc(Cl)c4c(c3)OCCCO4)s2)cc1. The van der Waals surface area contributed by atoms with Crippen LogP contribution < -0.4 is 14.8 Å². The molecule has 0 saturated carbocycles. The number of anilines is 2. The summed E-state index contributed by atoms with van der Waals surface area (Å²) in [5.41, 5.74) is 1.79. The highest BCUT2D eigenvalue weighted by molar-refractivity contribution is 8.00. The van der Waals surface area contributed by atoms with Crippen molar-refractivity contribution in [3.8, 4) is 11.5 Å². The minimum absolute atomic E-state index is 0.275. The molecule has 0 radical (unpaired) electrons. The van der Waals surface area contributed by atoms with E-state index < -0.39 is 0 Å². The molecule has 0 aliphatic carbocycles. The quantitative estimate of drug-likeness (QED) is 0.544. The molecule has 2 aromatic carbocycles. The van der Waals surface area contributed by atoms with Crippen molar-refractivity contribution >= 4 is 45.5 Å². The Labute approximate surface area is 168 Å². The molecule has 0 unspecified atom stereocenters. The Balaban J connectivity index is 1.40. The molecule has 0 spiro atoms. The van der Waals surface area contributed by atoms with Gasteiger partial charge in [0.15, 0.2) is 15.8 Å². The number of rotatable bonds is 5. The maximum atomic E-state index is 13.0.